The van der Waals surface area contributed by atoms with Crippen molar-refractivity contribution in [3.8, 4) is 0 Å². The first kappa shape index (κ1) is 28.4. The number of benzene rings is 3. The number of hydrazone groups is 1. The van der Waals surface area contributed by atoms with Crippen molar-refractivity contribution in [1.29, 1.82) is 0 Å². The lowest BCUT2D eigenvalue weighted by molar-refractivity contribution is -0.137. The molecule has 6 nitrogen and oxygen atoms in total. The van der Waals surface area contributed by atoms with Crippen molar-refractivity contribution in [1.82, 2.24) is 9.31 Å². The molecule has 0 N–H and O–H groups in total. The van der Waals surface area contributed by atoms with E-state index in [1.807, 2.05) is 48.5 Å². The Labute approximate surface area is 255 Å². The zero-order valence-corrected chi connectivity index (χ0v) is 25.2. The van der Waals surface area contributed by atoms with Crippen molar-refractivity contribution in [3.63, 3.8) is 0 Å². The average molecular weight is 629 g/mol. The molecule has 3 aliphatic rings. The molecule has 0 bridgehead atoms. The number of halogens is 3. The van der Waals surface area contributed by atoms with E-state index in [0.717, 1.165) is 41.7 Å². The van der Waals surface area contributed by atoms with Crippen molar-refractivity contribution in [2.24, 2.45) is 11.0 Å². The molecule has 2 heterocycles. The van der Waals surface area contributed by atoms with Crippen LogP contribution >= 0.6 is 34.8 Å². The van der Waals surface area contributed by atoms with E-state index in [4.69, 9.17) is 39.9 Å². The van der Waals surface area contributed by atoms with Crippen LogP contribution in [0.2, 0.25) is 15.1 Å². The number of hydrogen-bond acceptors (Lipinski definition) is 4. The predicted octanol–water partition coefficient (Wildman–Crippen LogP) is 7.62. The van der Waals surface area contributed by atoms with Gasteiger partial charge in [-0.1, -0.05) is 59.1 Å². The van der Waals surface area contributed by atoms with E-state index in [9.17, 15) is 13.2 Å². The normalized spacial score (nSPS) is 24.0. The summed E-state index contributed by atoms with van der Waals surface area (Å²) < 4.78 is 28.6. The lowest BCUT2D eigenvalue weighted by atomic mass is 9.77. The number of carbonyl (C=O) groups excluding carboxylic acids is 1. The van der Waals surface area contributed by atoms with Gasteiger partial charge in [0.2, 0.25) is 10.0 Å². The highest BCUT2D eigenvalue weighted by Crippen LogP contribution is 2.45. The maximum atomic E-state index is 14.3. The molecule has 1 amide bonds. The van der Waals surface area contributed by atoms with Gasteiger partial charge in [-0.05, 0) is 103 Å². The maximum Gasteiger partial charge on any atom is 0.261 e. The Bertz CT molecular complexity index is 1620. The van der Waals surface area contributed by atoms with Crippen LogP contribution in [0.1, 0.15) is 49.3 Å². The molecule has 2 aliphatic heterocycles. The average Bonchev–Trinajstić information content (AvgIpc) is 3.62. The summed E-state index contributed by atoms with van der Waals surface area (Å²) in [6.07, 6.45) is 5.79. The molecule has 212 valence electrons. The minimum absolute atomic E-state index is 0.0184. The van der Waals surface area contributed by atoms with Crippen LogP contribution in [0.25, 0.3) is 6.08 Å². The van der Waals surface area contributed by atoms with Crippen molar-refractivity contribution in [2.75, 3.05) is 6.54 Å². The number of sulfonamides is 1. The minimum Gasteiger partial charge on any atom is -0.271 e. The number of amides is 1. The number of fused-ring (bicyclic) bond motifs is 1. The van der Waals surface area contributed by atoms with Crippen LogP contribution < -0.4 is 0 Å². The summed E-state index contributed by atoms with van der Waals surface area (Å²) in [6, 6.07) is 20.0. The van der Waals surface area contributed by atoms with E-state index >= 15 is 0 Å². The fraction of sp³-hybridized carbons (Fsp3) is 0.290. The van der Waals surface area contributed by atoms with E-state index in [2.05, 4.69) is 6.08 Å². The minimum atomic E-state index is -3.91. The third kappa shape index (κ3) is 5.58. The van der Waals surface area contributed by atoms with Crippen molar-refractivity contribution < 1.29 is 13.2 Å². The third-order valence-electron chi connectivity index (χ3n) is 8.06. The molecule has 0 aromatic heterocycles. The fourth-order valence-electron chi connectivity index (χ4n) is 6.11. The first-order valence-corrected chi connectivity index (χ1v) is 16.2. The SMILES string of the molecule is O=C(C1CCCN1S(=O)(=O)c1ccc(Cl)cc1)N1N=C2/C(=C/c3ccc(Cl)cc3)CCCC2C1c1ccc(Cl)cc1. The van der Waals surface area contributed by atoms with Crippen LogP contribution in [0.5, 0.6) is 0 Å². The Hall–Kier alpha value is -2.68. The Morgan fingerprint density at radius 2 is 1.44 bits per heavy atom. The highest BCUT2D eigenvalue weighted by atomic mass is 35.5. The van der Waals surface area contributed by atoms with Gasteiger partial charge in [0.05, 0.1) is 16.6 Å². The van der Waals surface area contributed by atoms with E-state index in [-0.39, 0.29) is 29.3 Å². The van der Waals surface area contributed by atoms with Gasteiger partial charge in [-0.2, -0.15) is 9.41 Å². The molecule has 1 aliphatic carbocycles. The van der Waals surface area contributed by atoms with Crippen LogP contribution in [0.3, 0.4) is 0 Å². The summed E-state index contributed by atoms with van der Waals surface area (Å²) in [5.41, 5.74) is 3.89. The summed E-state index contributed by atoms with van der Waals surface area (Å²) >= 11 is 18.3. The molecular formula is C31H28Cl3N3O3S. The van der Waals surface area contributed by atoms with Gasteiger partial charge < -0.3 is 0 Å². The molecule has 3 unspecified atom stereocenters. The zero-order chi connectivity index (χ0) is 28.7. The van der Waals surface area contributed by atoms with Gasteiger partial charge in [0.1, 0.15) is 6.04 Å². The predicted molar refractivity (Wildman–Crippen MR) is 164 cm³/mol. The van der Waals surface area contributed by atoms with Crippen molar-refractivity contribution in [2.45, 2.75) is 49.1 Å². The monoisotopic (exact) mass is 627 g/mol. The van der Waals surface area contributed by atoms with E-state index in [0.29, 0.717) is 27.9 Å². The number of nitrogens with zero attached hydrogens (tertiary/aromatic N) is 3. The lowest BCUT2D eigenvalue weighted by Crippen LogP contribution is -2.46. The molecule has 1 saturated heterocycles. The second-order valence-corrected chi connectivity index (χ2v) is 13.8. The van der Waals surface area contributed by atoms with Gasteiger partial charge in [0, 0.05) is 27.5 Å². The van der Waals surface area contributed by atoms with Crippen LogP contribution in [-0.2, 0) is 14.8 Å². The second-order valence-electron chi connectivity index (χ2n) is 10.6. The summed E-state index contributed by atoms with van der Waals surface area (Å²) in [5, 5.41) is 8.23. The van der Waals surface area contributed by atoms with Gasteiger partial charge in [0.25, 0.3) is 5.91 Å². The summed E-state index contributed by atoms with van der Waals surface area (Å²) in [7, 11) is -3.91. The smallest absolute Gasteiger partial charge is 0.261 e. The number of hydrogen-bond donors (Lipinski definition) is 0. The summed E-state index contributed by atoms with van der Waals surface area (Å²) in [6.45, 7) is 0.266. The lowest BCUT2D eigenvalue weighted by Gasteiger charge is -2.32. The number of carbonyl (C=O) groups is 1. The topological polar surface area (TPSA) is 70.1 Å². The number of allylic oxidation sites excluding steroid dienone is 1. The number of rotatable bonds is 5. The molecule has 0 spiro atoms. The molecule has 0 radical (unpaired) electrons. The maximum absolute atomic E-state index is 14.3. The molecule has 3 aromatic carbocycles. The molecule has 3 atom stereocenters. The first-order chi connectivity index (χ1) is 19.7. The molecule has 10 heteroatoms. The van der Waals surface area contributed by atoms with E-state index < -0.39 is 16.1 Å². The fourth-order valence-corrected chi connectivity index (χ4v) is 8.13. The third-order valence-corrected chi connectivity index (χ3v) is 10.7. The molecule has 41 heavy (non-hydrogen) atoms. The van der Waals surface area contributed by atoms with Crippen molar-refractivity contribution >= 4 is 62.5 Å². The van der Waals surface area contributed by atoms with E-state index in [1.54, 1.807) is 17.1 Å². The molecule has 3 aromatic rings. The van der Waals surface area contributed by atoms with Gasteiger partial charge >= 0.3 is 0 Å². The van der Waals surface area contributed by atoms with Gasteiger partial charge in [-0.3, -0.25) is 4.79 Å². The Kier molecular flexibility index (Phi) is 8.00. The Balaban J connectivity index is 1.38. The first-order valence-electron chi connectivity index (χ1n) is 13.6. The highest BCUT2D eigenvalue weighted by Gasteiger charge is 2.48. The van der Waals surface area contributed by atoms with Gasteiger partial charge in [-0.25, -0.2) is 13.4 Å². The zero-order valence-electron chi connectivity index (χ0n) is 22.1. The molecule has 1 saturated carbocycles. The molecular weight excluding hydrogens is 601 g/mol. The highest BCUT2D eigenvalue weighted by molar-refractivity contribution is 7.89. The van der Waals surface area contributed by atoms with Crippen LogP contribution in [0, 0.1) is 5.92 Å². The standard InChI is InChI=1S/C31H28Cl3N3O3S/c32-23-10-6-20(7-11-23)19-22-3-1-4-27-29(22)35-37(30(27)21-8-12-24(33)13-9-21)31(38)28-5-2-18-36(28)41(39,40)26-16-14-25(34)15-17-26/h6-17,19,27-28,30H,1-5,18H2/b22-19+. The summed E-state index contributed by atoms with van der Waals surface area (Å²) in [5.74, 6) is -0.331. The molecule has 6 rings (SSSR count). The largest absolute Gasteiger partial charge is 0.271 e. The van der Waals surface area contributed by atoms with Crippen LogP contribution in [-0.4, -0.2) is 41.9 Å². The second kappa shape index (κ2) is 11.5. The van der Waals surface area contributed by atoms with Crippen LogP contribution in [0.4, 0.5) is 0 Å². The van der Waals surface area contributed by atoms with Crippen LogP contribution in [0.15, 0.2) is 88.4 Å². The van der Waals surface area contributed by atoms with Gasteiger partial charge in [0.15, 0.2) is 0 Å². The molecule has 2 fully saturated rings. The van der Waals surface area contributed by atoms with E-state index in [1.165, 1.54) is 16.4 Å². The van der Waals surface area contributed by atoms with Gasteiger partial charge in [-0.15, -0.1) is 0 Å². The van der Waals surface area contributed by atoms with Crippen molar-refractivity contribution in [3.05, 3.63) is 105 Å². The quantitative estimate of drug-likeness (QED) is 0.292. The Morgan fingerprint density at radius 3 is 2.10 bits per heavy atom. The summed E-state index contributed by atoms with van der Waals surface area (Å²) in [4.78, 5) is 14.4. The Morgan fingerprint density at radius 1 is 0.829 bits per heavy atom.